The molecule has 1 aromatic heterocycles. The first-order chi connectivity index (χ1) is 14.5. The summed E-state index contributed by atoms with van der Waals surface area (Å²) in [7, 11) is 0. The van der Waals surface area contributed by atoms with Crippen molar-refractivity contribution in [2.45, 2.75) is 19.3 Å². The highest BCUT2D eigenvalue weighted by atomic mass is 32.1. The highest BCUT2D eigenvalue weighted by Gasteiger charge is 2.35. The van der Waals surface area contributed by atoms with Crippen LogP contribution in [0.15, 0.2) is 61.2 Å². The highest BCUT2D eigenvalue weighted by Crippen LogP contribution is 2.50. The Hall–Kier alpha value is -3.38. The molecular weight excluding hydrogens is 398 g/mol. The third-order valence-electron chi connectivity index (χ3n) is 5.09. The van der Waals surface area contributed by atoms with Crippen LogP contribution in [0.4, 0.5) is 5.69 Å². The van der Waals surface area contributed by atoms with E-state index in [0.29, 0.717) is 23.6 Å². The zero-order valence-corrected chi connectivity index (χ0v) is 17.3. The first kappa shape index (κ1) is 19.9. The summed E-state index contributed by atoms with van der Waals surface area (Å²) in [6, 6.07) is 15.2. The van der Waals surface area contributed by atoms with Gasteiger partial charge >= 0.3 is 5.97 Å². The van der Waals surface area contributed by atoms with Crippen LogP contribution >= 0.6 is 11.3 Å². The van der Waals surface area contributed by atoms with Crippen LogP contribution < -0.4 is 10.1 Å². The predicted molar refractivity (Wildman–Crippen MR) is 119 cm³/mol. The Bertz CT molecular complexity index is 1130. The van der Waals surface area contributed by atoms with Crippen molar-refractivity contribution in [2.75, 3.05) is 11.9 Å². The molecule has 0 unspecified atom stereocenters. The summed E-state index contributed by atoms with van der Waals surface area (Å²) in [6.45, 7) is 6.01. The van der Waals surface area contributed by atoms with Gasteiger partial charge in [0.25, 0.3) is 0 Å². The van der Waals surface area contributed by atoms with E-state index in [9.17, 15) is 14.7 Å². The Kier molecular flexibility index (Phi) is 5.42. The van der Waals surface area contributed by atoms with E-state index < -0.39 is 5.97 Å². The molecule has 4 rings (SSSR count). The van der Waals surface area contributed by atoms with Crippen molar-refractivity contribution in [3.8, 4) is 16.9 Å². The molecule has 6 heteroatoms. The number of para-hydroxylation sites is 1. The quantitative estimate of drug-likeness (QED) is 0.520. The number of nitrogens with one attached hydrogen (secondary N) is 1. The second-order valence-corrected chi connectivity index (χ2v) is 8.21. The average molecular weight is 420 g/mol. The van der Waals surface area contributed by atoms with Gasteiger partial charge < -0.3 is 15.2 Å². The Labute approximate surface area is 178 Å². The number of thiophene rings is 1. The number of hydrogen-bond donors (Lipinski definition) is 2. The zero-order chi connectivity index (χ0) is 21.3. The Balaban J connectivity index is 1.90. The number of aryl methyl sites for hydroxylation is 1. The van der Waals surface area contributed by atoms with E-state index in [0.717, 1.165) is 21.6 Å². The summed E-state index contributed by atoms with van der Waals surface area (Å²) in [5.41, 5.74) is 3.86. The minimum absolute atomic E-state index is 0.144. The van der Waals surface area contributed by atoms with Crippen LogP contribution in [0.3, 0.4) is 0 Å². The van der Waals surface area contributed by atoms with E-state index >= 15 is 0 Å². The van der Waals surface area contributed by atoms with Crippen molar-refractivity contribution in [3.05, 3.63) is 82.1 Å². The Morgan fingerprint density at radius 3 is 2.70 bits per heavy atom. The number of anilines is 1. The van der Waals surface area contributed by atoms with E-state index in [-0.39, 0.29) is 23.1 Å². The van der Waals surface area contributed by atoms with Crippen LogP contribution in [0, 0.1) is 6.92 Å². The van der Waals surface area contributed by atoms with Gasteiger partial charge in [0.05, 0.1) is 5.69 Å². The molecule has 1 aliphatic heterocycles. The molecule has 5 nitrogen and oxygen atoms in total. The summed E-state index contributed by atoms with van der Waals surface area (Å²) in [4.78, 5) is 25.8. The van der Waals surface area contributed by atoms with Gasteiger partial charge in [-0.15, -0.1) is 11.3 Å². The van der Waals surface area contributed by atoms with Gasteiger partial charge in [-0.05, 0) is 18.6 Å². The van der Waals surface area contributed by atoms with Gasteiger partial charge in [0, 0.05) is 28.3 Å². The largest absolute Gasteiger partial charge is 0.489 e. The number of benzene rings is 2. The molecule has 152 valence electrons. The lowest BCUT2D eigenvalue weighted by molar-refractivity contribution is -0.116. The van der Waals surface area contributed by atoms with Crippen molar-refractivity contribution in [1.29, 1.82) is 0 Å². The molecule has 2 heterocycles. The van der Waals surface area contributed by atoms with E-state index in [1.54, 1.807) is 6.08 Å². The monoisotopic (exact) mass is 419 g/mol. The molecule has 30 heavy (non-hydrogen) atoms. The van der Waals surface area contributed by atoms with Crippen LogP contribution in [0.25, 0.3) is 11.1 Å². The standard InChI is InChI=1S/C24H21NO4S/c1-3-12-29-18-7-5-4-6-16(18)17-13-19(26)25-21-20(15-10-8-14(2)9-11-15)23(24(27)28)30-22(17)21/h3-11,17H,1,12-13H2,2H3,(H,25,26)(H,27,28)/t17-/m1/s1. The normalized spacial score (nSPS) is 15.2. The molecule has 3 aromatic rings. The minimum atomic E-state index is -1.01. The van der Waals surface area contributed by atoms with E-state index in [2.05, 4.69) is 11.9 Å². The van der Waals surface area contributed by atoms with Gasteiger partial charge in [-0.1, -0.05) is 60.7 Å². The van der Waals surface area contributed by atoms with Gasteiger partial charge in [0.15, 0.2) is 0 Å². The fraction of sp³-hybridized carbons (Fsp3) is 0.167. The molecule has 1 amide bonds. The fourth-order valence-electron chi connectivity index (χ4n) is 3.73. The molecule has 0 aliphatic carbocycles. The summed E-state index contributed by atoms with van der Waals surface area (Å²) in [6.07, 6.45) is 1.90. The highest BCUT2D eigenvalue weighted by molar-refractivity contribution is 7.15. The maximum absolute atomic E-state index is 12.6. The van der Waals surface area contributed by atoms with Crippen LogP contribution in [-0.2, 0) is 4.79 Å². The molecule has 0 saturated heterocycles. The van der Waals surface area contributed by atoms with Crippen molar-refractivity contribution in [3.63, 3.8) is 0 Å². The number of fused-ring (bicyclic) bond motifs is 1. The first-order valence-electron chi connectivity index (χ1n) is 9.59. The summed E-state index contributed by atoms with van der Waals surface area (Å²) >= 11 is 1.22. The van der Waals surface area contributed by atoms with Gasteiger partial charge in [-0.2, -0.15) is 0 Å². The maximum atomic E-state index is 12.6. The third kappa shape index (κ3) is 3.62. The minimum Gasteiger partial charge on any atom is -0.489 e. The molecule has 0 bridgehead atoms. The topological polar surface area (TPSA) is 75.6 Å². The summed E-state index contributed by atoms with van der Waals surface area (Å²) in [5.74, 6) is -0.759. The van der Waals surface area contributed by atoms with Crippen molar-refractivity contribution >= 4 is 28.9 Å². The molecule has 0 fully saturated rings. The SMILES string of the molecule is C=CCOc1ccccc1[C@H]1CC(=O)Nc2c1sc(C(=O)O)c2-c1ccc(C)cc1. The van der Waals surface area contributed by atoms with Gasteiger partial charge in [0.1, 0.15) is 17.2 Å². The first-order valence-corrected chi connectivity index (χ1v) is 10.4. The van der Waals surface area contributed by atoms with Crippen LogP contribution in [0.5, 0.6) is 5.75 Å². The molecule has 1 aliphatic rings. The van der Waals surface area contributed by atoms with Gasteiger partial charge in [-0.3, -0.25) is 4.79 Å². The number of ether oxygens (including phenoxy) is 1. The lowest BCUT2D eigenvalue weighted by Gasteiger charge is -2.25. The molecule has 1 atom stereocenters. The van der Waals surface area contributed by atoms with E-state index in [1.165, 1.54) is 11.3 Å². The Morgan fingerprint density at radius 2 is 2.00 bits per heavy atom. The van der Waals surface area contributed by atoms with Crippen LogP contribution in [-0.4, -0.2) is 23.6 Å². The molecular formula is C24H21NO4S. The van der Waals surface area contributed by atoms with E-state index in [1.807, 2.05) is 55.5 Å². The van der Waals surface area contributed by atoms with Crippen LogP contribution in [0.2, 0.25) is 0 Å². The number of carbonyl (C=O) groups excluding carboxylic acids is 1. The molecule has 0 radical (unpaired) electrons. The third-order valence-corrected chi connectivity index (χ3v) is 6.38. The molecule has 2 aromatic carbocycles. The average Bonchev–Trinajstić information content (AvgIpc) is 3.12. The second-order valence-electron chi connectivity index (χ2n) is 7.16. The molecule has 2 N–H and O–H groups in total. The Morgan fingerprint density at radius 1 is 1.27 bits per heavy atom. The number of amides is 1. The number of aromatic carboxylic acids is 1. The van der Waals surface area contributed by atoms with Crippen molar-refractivity contribution < 1.29 is 19.4 Å². The number of carboxylic acid groups (broad SMARTS) is 1. The molecule has 0 spiro atoms. The number of carbonyl (C=O) groups is 2. The summed E-state index contributed by atoms with van der Waals surface area (Å²) in [5, 5.41) is 12.8. The number of carboxylic acids is 1. The second kappa shape index (κ2) is 8.16. The molecule has 0 saturated carbocycles. The van der Waals surface area contributed by atoms with Gasteiger partial charge in [-0.25, -0.2) is 4.79 Å². The fourth-order valence-corrected chi connectivity index (χ4v) is 4.97. The lowest BCUT2D eigenvalue weighted by atomic mass is 9.88. The van der Waals surface area contributed by atoms with Crippen molar-refractivity contribution in [2.24, 2.45) is 0 Å². The van der Waals surface area contributed by atoms with Crippen LogP contribution in [0.1, 0.15) is 38.0 Å². The van der Waals surface area contributed by atoms with E-state index in [4.69, 9.17) is 4.74 Å². The van der Waals surface area contributed by atoms with Gasteiger partial charge in [0.2, 0.25) is 5.91 Å². The smallest absolute Gasteiger partial charge is 0.346 e. The zero-order valence-electron chi connectivity index (χ0n) is 16.5. The predicted octanol–water partition coefficient (Wildman–Crippen LogP) is 5.46. The maximum Gasteiger partial charge on any atom is 0.346 e. The number of rotatable bonds is 6. The summed E-state index contributed by atoms with van der Waals surface area (Å²) < 4.78 is 5.81. The number of hydrogen-bond acceptors (Lipinski definition) is 4. The lowest BCUT2D eigenvalue weighted by Crippen LogP contribution is -2.22. The van der Waals surface area contributed by atoms with Crippen molar-refractivity contribution in [1.82, 2.24) is 0 Å².